The number of hydrogen-bond acceptors (Lipinski definition) is 37. The van der Waals surface area contributed by atoms with Crippen molar-refractivity contribution in [3.05, 3.63) is 50.8 Å². The third kappa shape index (κ3) is 13.6. The van der Waals surface area contributed by atoms with E-state index in [0.29, 0.717) is 0 Å². The number of Topliss-reactive ketones (excluding diaryl/α,β-unsaturated/α-hetero) is 6. The number of carbonyl (C=O) groups is 6. The first-order valence-electron chi connectivity index (χ1n) is 42.0. The number of aliphatic hydroxyl groups is 11. The van der Waals surface area contributed by atoms with Gasteiger partial charge in [0.15, 0.2) is 77.8 Å². The fourth-order valence-corrected chi connectivity index (χ4v) is 21.7. The second-order valence-electron chi connectivity index (χ2n) is 35.1. The quantitative estimate of drug-likeness (QED) is 0.0642. The molecule has 9 fully saturated rings. The molecule has 5 aliphatic carbocycles. The van der Waals surface area contributed by atoms with Gasteiger partial charge in [0.1, 0.15) is 82.0 Å². The summed E-state index contributed by atoms with van der Waals surface area (Å²) in [5, 5.41) is 185. The molecule has 2 saturated carbocycles. The van der Waals surface area contributed by atoms with E-state index >= 15 is 19.2 Å². The van der Waals surface area contributed by atoms with Gasteiger partial charge < -0.3 is 152 Å². The fourth-order valence-electron chi connectivity index (χ4n) is 21.7. The Morgan fingerprint density at radius 3 is 1.44 bits per heavy atom. The van der Waals surface area contributed by atoms with Crippen molar-refractivity contribution in [3.63, 3.8) is 0 Å². The predicted octanol–water partition coefficient (Wildman–Crippen LogP) is 2.40. The lowest BCUT2D eigenvalue weighted by molar-refractivity contribution is -0.358. The molecule has 0 radical (unpaired) electrons. The average Bonchev–Trinajstić information content (AvgIpc) is 1.52. The second-order valence-corrected chi connectivity index (χ2v) is 35.1. The molecule has 7 saturated heterocycles. The lowest BCUT2D eigenvalue weighted by atomic mass is 9.53. The normalized spacial score (nSPS) is 43.2. The average molecular weight is 1730 g/mol. The lowest BCUT2D eigenvalue weighted by Gasteiger charge is -2.60. The van der Waals surface area contributed by atoms with E-state index in [2.05, 4.69) is 0 Å². The van der Waals surface area contributed by atoms with Gasteiger partial charge in [-0.15, -0.1) is 0 Å². The molecular formula is C85H112O37. The minimum Gasteiger partial charge on any atom is -0.507 e. The van der Waals surface area contributed by atoms with Crippen LogP contribution in [-0.2, 0) is 82.3 Å². The van der Waals surface area contributed by atoms with Crippen LogP contribution in [0.5, 0.6) is 34.5 Å². The zero-order valence-electron chi connectivity index (χ0n) is 70.0. The third-order valence-electron chi connectivity index (χ3n) is 28.3. The van der Waals surface area contributed by atoms with Crippen LogP contribution >= 0.6 is 0 Å². The zero-order chi connectivity index (χ0) is 88.5. The number of ketones is 6. The Morgan fingerprint density at radius 1 is 0.484 bits per heavy atom. The van der Waals surface area contributed by atoms with Crippen LogP contribution in [-0.4, -0.2) is 314 Å². The molecule has 122 heavy (non-hydrogen) atoms. The van der Waals surface area contributed by atoms with Crippen molar-refractivity contribution in [3.8, 4) is 34.5 Å². The summed E-state index contributed by atoms with van der Waals surface area (Å²) in [6, 6.07) is 1.25. The number of fused-ring (bicyclic) bond motifs is 6. The number of benzene rings is 3. The van der Waals surface area contributed by atoms with Gasteiger partial charge in [0.05, 0.1) is 145 Å². The molecule has 0 unspecified atom stereocenters. The minimum absolute atomic E-state index is 0.0101. The molecule has 3 aromatic rings. The van der Waals surface area contributed by atoms with Gasteiger partial charge in [-0.1, -0.05) is 26.7 Å². The molecule has 15 rings (SSSR count). The van der Waals surface area contributed by atoms with E-state index in [-0.39, 0.29) is 81.6 Å². The van der Waals surface area contributed by atoms with Gasteiger partial charge in [0.25, 0.3) is 0 Å². The molecule has 0 spiro atoms. The Morgan fingerprint density at radius 2 is 0.959 bits per heavy atom. The van der Waals surface area contributed by atoms with Crippen LogP contribution in [0.3, 0.4) is 0 Å². The Balaban J connectivity index is 0.798. The fraction of sp³-hybridized carbons (Fsp3) is 0.718. The van der Waals surface area contributed by atoms with E-state index in [0.717, 1.165) is 21.3 Å². The number of allylic oxidation sites excluding steroid dienone is 2. The molecule has 0 amide bonds. The highest BCUT2D eigenvalue weighted by Crippen LogP contribution is 2.69. The van der Waals surface area contributed by atoms with Crippen LogP contribution in [0.4, 0.5) is 0 Å². The first-order chi connectivity index (χ1) is 57.5. The molecule has 12 aliphatic rings. The van der Waals surface area contributed by atoms with Gasteiger partial charge in [-0.25, -0.2) is 0 Å². The summed E-state index contributed by atoms with van der Waals surface area (Å²) in [6.07, 6.45) is -35.1. The summed E-state index contributed by atoms with van der Waals surface area (Å²) in [6.45, 7) is 15.1. The topological polar surface area (TPSA) is 554 Å². The SMILES string of the molecule is CCC[C@@]1(O)[C@@H](O[C@H]2CC[C@H](O[C@@H]3CC[C@](O)(C(C)=O)[C@@H](C)O3)[C@@H](C)O2)[C@@H](O)[C@@H](O[C@H]2C[C@@H](O)[C@@H](O)[C@H](C)O2)[C@H]2Cc3cc4c(OC)c(OC)c(C5=C(OC)C(=O)c6c(O)c7c(c(O)c6C5=O)C(=O)[C@]5(O)[C@H]6[C@H](O[C@H]8C[C@@H](O)[C@@H](O)[C@H](C)O8)[C@@H](O)[C@@H](O[C@H]8CC[C@H](O[C@@H]9CC[C@](O)(C(C)=O)[C@@H](C)O9)[C@@H](C)O8)[C@]5(CCC)O[C@@H]76)c(O)c4c(O)c3C(=O)[C@]21O. The van der Waals surface area contributed by atoms with E-state index in [4.69, 9.17) is 75.8 Å². The van der Waals surface area contributed by atoms with E-state index in [1.54, 1.807) is 41.5 Å². The van der Waals surface area contributed by atoms with E-state index < -0.39 is 344 Å². The number of phenols is 4. The molecule has 7 heterocycles. The van der Waals surface area contributed by atoms with Crippen LogP contribution < -0.4 is 9.47 Å². The van der Waals surface area contributed by atoms with Gasteiger partial charge in [0, 0.05) is 55.4 Å². The standard InChI is InChI=1S/C85H112O37/c1-14-22-82(104)78(120-45-18-16-43(30(3)110-45)116-47-20-24-80(102,34(7)86)36(9)114-47)68(98)71(118-49-28-41(88)60(90)32(5)112-49)40-27-38-26-39-52(62(92)51(38)76(100)84(40,82)105)63(93)56(74(109-13)70(39)107-11)55-64(94)53-54(67(97)73(55)108-12)65(95)57-58(66(53)96)77(101)85(106)59-72(57)122-83(85,23-15-2)79(69(99)75(59)119-50-29-42(89)61(91)33(6)113-50)121-46-19-17-44(31(4)111-46)117-48-21-25-81(103,35(8)87)37(10)115-48/h26,30-33,36-37,40-50,59-61,68-69,71-72,75,78-79,88-93,95-96,98-99,102-106H,14-25,27-29H2,1-13H3/t30-,31-,32+,33+,36-,37-,40-,41-,42-,43+,44+,45+,46+,47-,48-,49+,50+,59-,60+,61+,68+,69-,71+,72+,75+,78+,79-,80+,81+,82-,83+,84-,85-/m1/s1. The van der Waals surface area contributed by atoms with Crippen molar-refractivity contribution < 1.29 is 181 Å². The van der Waals surface area contributed by atoms with Crippen molar-refractivity contribution in [1.29, 1.82) is 0 Å². The van der Waals surface area contributed by atoms with Crippen LogP contribution in [0.15, 0.2) is 11.8 Å². The number of methoxy groups -OCH3 is 3. The monoisotopic (exact) mass is 1720 g/mol. The first kappa shape index (κ1) is 90.1. The Labute approximate surface area is 700 Å². The molecular weight excluding hydrogens is 1610 g/mol. The van der Waals surface area contributed by atoms with Gasteiger partial charge in [-0.3, -0.25) is 28.8 Å². The number of aromatic hydroxyl groups is 4. The van der Waals surface area contributed by atoms with Crippen LogP contribution in [0, 0.1) is 11.8 Å². The third-order valence-corrected chi connectivity index (χ3v) is 28.3. The van der Waals surface area contributed by atoms with Crippen molar-refractivity contribution in [1.82, 2.24) is 0 Å². The lowest BCUT2D eigenvalue weighted by Crippen LogP contribution is -2.80. The highest BCUT2D eigenvalue weighted by Gasteiger charge is 2.82. The van der Waals surface area contributed by atoms with Gasteiger partial charge in [0.2, 0.25) is 23.1 Å². The van der Waals surface area contributed by atoms with Crippen LogP contribution in [0.2, 0.25) is 0 Å². The molecule has 37 nitrogen and oxygen atoms in total. The van der Waals surface area contributed by atoms with Crippen molar-refractivity contribution in [2.45, 2.75) is 353 Å². The molecule has 7 aliphatic heterocycles. The minimum atomic E-state index is -3.21. The Hall–Kier alpha value is -6.68. The molecule has 0 aromatic heterocycles. The largest absolute Gasteiger partial charge is 0.507 e. The van der Waals surface area contributed by atoms with Gasteiger partial charge in [-0.05, 0) is 112 Å². The first-order valence-corrected chi connectivity index (χ1v) is 42.0. The van der Waals surface area contributed by atoms with Crippen molar-refractivity contribution >= 4 is 51.0 Å². The van der Waals surface area contributed by atoms with Crippen molar-refractivity contribution in [2.24, 2.45) is 11.8 Å². The van der Waals surface area contributed by atoms with Crippen LogP contribution in [0.1, 0.15) is 223 Å². The Kier molecular flexibility index (Phi) is 24.3. The van der Waals surface area contributed by atoms with Crippen LogP contribution in [0.25, 0.3) is 16.3 Å². The summed E-state index contributed by atoms with van der Waals surface area (Å²) in [5.41, 5.74) is -21.6. The molecule has 4 bridgehead atoms. The summed E-state index contributed by atoms with van der Waals surface area (Å²) in [5.74, 6) is -17.3. The number of hydrogen-bond donors (Lipinski definition) is 15. The maximum Gasteiger partial charge on any atom is 0.232 e. The molecule has 15 N–H and O–H groups in total. The summed E-state index contributed by atoms with van der Waals surface area (Å²) in [4.78, 5) is 89.5. The smallest absolute Gasteiger partial charge is 0.232 e. The number of rotatable bonds is 22. The molecule has 37 heteroatoms. The summed E-state index contributed by atoms with van der Waals surface area (Å²) >= 11 is 0. The number of phenolic OH excluding ortho intramolecular Hbond substituents is 4. The number of aliphatic hydroxyl groups excluding tert-OH is 6. The molecule has 3 aromatic carbocycles. The number of ether oxygens (including phenoxy) is 16. The Bertz CT molecular complexity index is 4640. The highest BCUT2D eigenvalue weighted by molar-refractivity contribution is 6.43. The summed E-state index contributed by atoms with van der Waals surface area (Å²) in [7, 11) is 3.09. The maximum atomic E-state index is 16.4. The van der Waals surface area contributed by atoms with Crippen molar-refractivity contribution in [2.75, 3.05) is 21.3 Å². The molecule has 674 valence electrons. The second kappa shape index (κ2) is 32.9. The maximum absolute atomic E-state index is 16.4. The van der Waals surface area contributed by atoms with Gasteiger partial charge in [-0.2, -0.15) is 0 Å². The van der Waals surface area contributed by atoms with E-state index in [1.807, 2.05) is 0 Å². The predicted molar refractivity (Wildman–Crippen MR) is 412 cm³/mol. The molecule has 33 atom stereocenters. The highest BCUT2D eigenvalue weighted by atomic mass is 16.8. The number of carbonyl (C=O) groups excluding carboxylic acids is 6. The van der Waals surface area contributed by atoms with E-state index in [9.17, 15) is 86.2 Å². The van der Waals surface area contributed by atoms with Gasteiger partial charge >= 0.3 is 0 Å². The summed E-state index contributed by atoms with van der Waals surface area (Å²) < 4.78 is 101. The zero-order valence-corrected chi connectivity index (χ0v) is 70.0. The van der Waals surface area contributed by atoms with E-state index in [1.165, 1.54) is 33.8 Å².